The molecule has 0 aromatic carbocycles. The summed E-state index contributed by atoms with van der Waals surface area (Å²) in [5.41, 5.74) is 21.4. The number of nitrogens with two attached hydrogens (primary N) is 4. The summed E-state index contributed by atoms with van der Waals surface area (Å²) in [6, 6.07) is -4.48. The van der Waals surface area contributed by atoms with Gasteiger partial charge in [0.1, 0.15) is 18.1 Å². The van der Waals surface area contributed by atoms with Crippen molar-refractivity contribution in [3.63, 3.8) is 0 Å². The summed E-state index contributed by atoms with van der Waals surface area (Å²) in [5.74, 6) is -3.73. The average molecular weight is 537 g/mol. The Morgan fingerprint density at radius 1 is 0.914 bits per heavy atom. The molecule has 0 spiro atoms. The summed E-state index contributed by atoms with van der Waals surface area (Å²) < 4.78 is 0. The second-order valence-electron chi connectivity index (χ2n) is 7.55. The number of thiol groups is 1. The molecule has 12 N–H and O–H groups in total. The van der Waals surface area contributed by atoms with Crippen molar-refractivity contribution in [2.45, 2.75) is 56.3 Å². The van der Waals surface area contributed by atoms with E-state index < -0.39 is 53.8 Å². The van der Waals surface area contributed by atoms with Crippen molar-refractivity contribution in [2.75, 3.05) is 24.3 Å². The number of aliphatic imine (C=N–C) groups is 1. The number of aliphatic carboxylic acids is 1. The van der Waals surface area contributed by atoms with Crippen molar-refractivity contribution in [1.29, 1.82) is 0 Å². The molecule has 0 saturated carbocycles. The average Bonchev–Trinajstić information content (AvgIpc) is 2.79. The summed E-state index contributed by atoms with van der Waals surface area (Å²) in [6.07, 6.45) is 2.36. The van der Waals surface area contributed by atoms with E-state index in [0.717, 1.165) is 0 Å². The first-order valence-electron chi connectivity index (χ1n) is 10.8. The Balaban J connectivity index is 5.46. The predicted octanol–water partition coefficient (Wildman–Crippen LogP) is -3.15. The van der Waals surface area contributed by atoms with Crippen molar-refractivity contribution in [2.24, 2.45) is 27.9 Å². The highest BCUT2D eigenvalue weighted by molar-refractivity contribution is 7.98. The van der Waals surface area contributed by atoms with Crippen LogP contribution < -0.4 is 38.9 Å². The number of rotatable bonds is 18. The highest BCUT2D eigenvalue weighted by Crippen LogP contribution is 2.06. The molecule has 0 rings (SSSR count). The van der Waals surface area contributed by atoms with Crippen LogP contribution in [0.4, 0.5) is 0 Å². The van der Waals surface area contributed by atoms with E-state index in [4.69, 9.17) is 22.9 Å². The molecule has 0 aliphatic rings. The van der Waals surface area contributed by atoms with Crippen molar-refractivity contribution in [3.05, 3.63) is 0 Å². The molecule has 0 aliphatic heterocycles. The van der Waals surface area contributed by atoms with Gasteiger partial charge in [0.05, 0.1) is 6.04 Å². The number of amides is 4. The molecule has 4 atom stereocenters. The Bertz CT molecular complexity index is 766. The van der Waals surface area contributed by atoms with E-state index in [9.17, 15) is 29.1 Å². The molecule has 0 fully saturated rings. The Kier molecular flexibility index (Phi) is 16.3. The van der Waals surface area contributed by atoms with Crippen LogP contribution in [0.15, 0.2) is 4.99 Å². The molecule has 0 saturated heterocycles. The zero-order valence-corrected chi connectivity index (χ0v) is 21.3. The van der Waals surface area contributed by atoms with Crippen molar-refractivity contribution >= 4 is 59.9 Å². The maximum absolute atomic E-state index is 13.0. The van der Waals surface area contributed by atoms with Gasteiger partial charge in [0.15, 0.2) is 5.96 Å². The summed E-state index contributed by atoms with van der Waals surface area (Å²) in [5, 5.41) is 16.6. The zero-order valence-electron chi connectivity index (χ0n) is 19.6. The zero-order chi connectivity index (χ0) is 27.0. The van der Waals surface area contributed by atoms with Gasteiger partial charge in [-0.15, -0.1) is 0 Å². The predicted molar refractivity (Wildman–Crippen MR) is 137 cm³/mol. The number of primary amides is 1. The minimum absolute atomic E-state index is 0.00810. The molecule has 0 bridgehead atoms. The van der Waals surface area contributed by atoms with E-state index in [2.05, 4.69) is 33.6 Å². The van der Waals surface area contributed by atoms with E-state index in [1.165, 1.54) is 11.8 Å². The van der Waals surface area contributed by atoms with E-state index in [0.29, 0.717) is 12.2 Å². The van der Waals surface area contributed by atoms with Gasteiger partial charge in [-0.1, -0.05) is 0 Å². The third kappa shape index (κ3) is 14.3. The fourth-order valence-corrected chi connectivity index (χ4v) is 3.43. The van der Waals surface area contributed by atoms with Crippen LogP contribution in [0.5, 0.6) is 0 Å². The van der Waals surface area contributed by atoms with Crippen LogP contribution in [0.1, 0.15) is 32.1 Å². The summed E-state index contributed by atoms with van der Waals surface area (Å²) in [6.45, 7) is 0.179. The number of carbonyl (C=O) groups is 5. The first kappa shape index (κ1) is 32.3. The fraction of sp³-hybridized carbons (Fsp3) is 0.684. The number of thioether (sulfide) groups is 1. The van der Waals surface area contributed by atoms with Gasteiger partial charge in [0.2, 0.25) is 23.6 Å². The quantitative estimate of drug-likeness (QED) is 0.0368. The third-order valence-electron chi connectivity index (χ3n) is 4.66. The van der Waals surface area contributed by atoms with Gasteiger partial charge in [0, 0.05) is 18.7 Å². The molecule has 16 heteroatoms. The Labute approximate surface area is 213 Å². The van der Waals surface area contributed by atoms with Crippen LogP contribution in [0, 0.1) is 0 Å². The number of nitrogens with zero attached hydrogens (tertiary/aromatic N) is 1. The molecule has 0 aliphatic carbocycles. The lowest BCUT2D eigenvalue weighted by Crippen LogP contribution is -2.57. The normalized spacial score (nSPS) is 14.0. The molecule has 14 nitrogen and oxygen atoms in total. The standard InChI is InChI=1S/C19H36N8O6S2/c1-35-8-6-12(25-15(29)10(20)4-5-14(21)28)17(31)26-11(3-2-7-24-19(22)23)16(30)27-13(9-34)18(32)33/h10-13,34H,2-9,20H2,1H3,(H2,21,28)(H,25,29)(H,26,31)(H,27,30)(H,32,33)(H4,22,23,24). The van der Waals surface area contributed by atoms with Crippen LogP contribution in [-0.4, -0.2) is 89.1 Å². The van der Waals surface area contributed by atoms with Gasteiger partial charge < -0.3 is 44.0 Å². The summed E-state index contributed by atoms with van der Waals surface area (Å²) in [4.78, 5) is 64.2. The number of carboxylic acids is 1. The van der Waals surface area contributed by atoms with Gasteiger partial charge in [-0.25, -0.2) is 4.79 Å². The van der Waals surface area contributed by atoms with Gasteiger partial charge in [-0.2, -0.15) is 24.4 Å². The molecule has 0 aromatic heterocycles. The van der Waals surface area contributed by atoms with E-state index >= 15 is 0 Å². The second-order valence-corrected chi connectivity index (χ2v) is 8.90. The van der Waals surface area contributed by atoms with Gasteiger partial charge >= 0.3 is 5.97 Å². The molecule has 200 valence electrons. The first-order valence-corrected chi connectivity index (χ1v) is 12.8. The number of carboxylic acid groups (broad SMARTS) is 1. The number of hydrogen-bond donors (Lipinski definition) is 9. The SMILES string of the molecule is CSCCC(NC(=O)C(N)CCC(N)=O)C(=O)NC(CCCN=C(N)N)C(=O)NC(CS)C(=O)O. The Morgan fingerprint density at radius 2 is 1.46 bits per heavy atom. The maximum Gasteiger partial charge on any atom is 0.327 e. The smallest absolute Gasteiger partial charge is 0.327 e. The fourth-order valence-electron chi connectivity index (χ4n) is 2.71. The lowest BCUT2D eigenvalue weighted by molar-refractivity contribution is -0.141. The van der Waals surface area contributed by atoms with Crippen molar-refractivity contribution < 1.29 is 29.1 Å². The third-order valence-corrected chi connectivity index (χ3v) is 5.67. The lowest BCUT2D eigenvalue weighted by atomic mass is 10.1. The number of hydrogen-bond acceptors (Lipinski definition) is 9. The monoisotopic (exact) mass is 536 g/mol. The van der Waals surface area contributed by atoms with E-state index in [1.54, 1.807) is 0 Å². The van der Waals surface area contributed by atoms with Gasteiger partial charge in [-0.3, -0.25) is 24.2 Å². The highest BCUT2D eigenvalue weighted by Gasteiger charge is 2.29. The maximum atomic E-state index is 13.0. The van der Waals surface area contributed by atoms with Gasteiger partial charge in [-0.05, 0) is 37.7 Å². The molecular formula is C19H36N8O6S2. The van der Waals surface area contributed by atoms with Crippen LogP contribution in [0.25, 0.3) is 0 Å². The number of guanidine groups is 1. The second kappa shape index (κ2) is 17.7. The van der Waals surface area contributed by atoms with Crippen LogP contribution in [-0.2, 0) is 24.0 Å². The van der Waals surface area contributed by atoms with E-state index in [1.807, 2.05) is 6.26 Å². The minimum atomic E-state index is -1.28. The highest BCUT2D eigenvalue weighted by atomic mass is 32.2. The molecule has 0 radical (unpaired) electrons. The van der Waals surface area contributed by atoms with Crippen LogP contribution in [0.3, 0.4) is 0 Å². The minimum Gasteiger partial charge on any atom is -0.480 e. The number of carbonyl (C=O) groups excluding carboxylic acids is 4. The number of nitrogens with one attached hydrogen (secondary N) is 3. The van der Waals surface area contributed by atoms with Gasteiger partial charge in [0.25, 0.3) is 0 Å². The van der Waals surface area contributed by atoms with Crippen LogP contribution in [0.2, 0.25) is 0 Å². The molecule has 0 aromatic rings. The first-order chi connectivity index (χ1) is 16.4. The largest absolute Gasteiger partial charge is 0.480 e. The molecular weight excluding hydrogens is 500 g/mol. The summed E-state index contributed by atoms with van der Waals surface area (Å²) in [7, 11) is 0. The van der Waals surface area contributed by atoms with Crippen molar-refractivity contribution in [3.8, 4) is 0 Å². The summed E-state index contributed by atoms with van der Waals surface area (Å²) >= 11 is 5.36. The topological polar surface area (TPSA) is 258 Å². The molecule has 0 heterocycles. The Morgan fingerprint density at radius 3 is 1.94 bits per heavy atom. The Hall–Kier alpha value is -2.72. The van der Waals surface area contributed by atoms with Crippen molar-refractivity contribution in [1.82, 2.24) is 16.0 Å². The lowest BCUT2D eigenvalue weighted by Gasteiger charge is -2.25. The molecule has 4 amide bonds. The molecule has 35 heavy (non-hydrogen) atoms. The van der Waals surface area contributed by atoms with E-state index in [-0.39, 0.29) is 43.9 Å². The van der Waals surface area contributed by atoms with Crippen LogP contribution >= 0.6 is 24.4 Å². The molecule has 4 unspecified atom stereocenters.